The van der Waals surface area contributed by atoms with Gasteiger partial charge in [0.05, 0.1) is 29.1 Å². The van der Waals surface area contributed by atoms with Gasteiger partial charge in [0.2, 0.25) is 15.9 Å². The van der Waals surface area contributed by atoms with E-state index in [9.17, 15) is 22.8 Å². The molecule has 0 fully saturated rings. The molecule has 4 rings (SSSR count). The largest absolute Gasteiger partial charge is 0.366 e. The van der Waals surface area contributed by atoms with Crippen LogP contribution < -0.4 is 10.9 Å². The van der Waals surface area contributed by atoms with Gasteiger partial charge < -0.3 is 15.2 Å². The highest BCUT2D eigenvalue weighted by Gasteiger charge is 2.25. The second-order valence-electron chi connectivity index (χ2n) is 9.45. The molecule has 2 aromatic heterocycles. The topological polar surface area (TPSA) is 146 Å². The molecular weight excluding hydrogens is 548 g/mol. The minimum Gasteiger partial charge on any atom is -0.366 e. The lowest BCUT2D eigenvalue weighted by Gasteiger charge is -2.23. The molecular formula is C29H30N4O5S2. The van der Waals surface area contributed by atoms with E-state index < -0.39 is 15.9 Å². The van der Waals surface area contributed by atoms with Crippen LogP contribution in [0, 0.1) is 6.92 Å². The van der Waals surface area contributed by atoms with E-state index in [1.165, 1.54) is 34.4 Å². The van der Waals surface area contributed by atoms with Gasteiger partial charge in [0, 0.05) is 18.8 Å². The summed E-state index contributed by atoms with van der Waals surface area (Å²) in [6.45, 7) is 2.02. The zero-order valence-electron chi connectivity index (χ0n) is 21.9. The normalized spacial score (nSPS) is 11.3. The van der Waals surface area contributed by atoms with E-state index >= 15 is 0 Å². The molecule has 0 unspecified atom stereocenters. The Kier molecular flexibility index (Phi) is 8.98. The Bertz CT molecular complexity index is 1610. The van der Waals surface area contributed by atoms with E-state index in [1.807, 2.05) is 47.2 Å². The average molecular weight is 579 g/mol. The SMILES string of the molecule is Cc1c(C(N)=O)cc(C(=O)CN(Cc2ccc(S(N)(=O)=O)cc2)C(=O)Cc2ccsc2)n1CCc1ccccc1. The number of aromatic nitrogens is 1. The van der Waals surface area contributed by atoms with E-state index in [-0.39, 0.29) is 41.7 Å². The molecule has 2 aromatic carbocycles. The third kappa shape index (κ3) is 7.12. The fourth-order valence-electron chi connectivity index (χ4n) is 4.47. The molecule has 0 bridgehead atoms. The predicted octanol–water partition coefficient (Wildman–Crippen LogP) is 3.30. The summed E-state index contributed by atoms with van der Waals surface area (Å²) >= 11 is 1.47. The first-order valence-electron chi connectivity index (χ1n) is 12.5. The van der Waals surface area contributed by atoms with Crippen molar-refractivity contribution in [1.29, 1.82) is 0 Å². The molecule has 0 spiro atoms. The molecule has 11 heteroatoms. The summed E-state index contributed by atoms with van der Waals surface area (Å²) in [5.41, 5.74) is 9.26. The van der Waals surface area contributed by atoms with Gasteiger partial charge in [0.25, 0.3) is 5.91 Å². The number of hydrogen-bond acceptors (Lipinski definition) is 6. The van der Waals surface area contributed by atoms with Crippen LogP contribution in [-0.2, 0) is 40.7 Å². The van der Waals surface area contributed by atoms with Crippen LogP contribution in [-0.4, -0.2) is 42.0 Å². The lowest BCUT2D eigenvalue weighted by atomic mass is 10.1. The Morgan fingerprint density at radius 3 is 2.25 bits per heavy atom. The lowest BCUT2D eigenvalue weighted by Crippen LogP contribution is -2.37. The van der Waals surface area contributed by atoms with Gasteiger partial charge in [0.1, 0.15) is 0 Å². The van der Waals surface area contributed by atoms with Crippen molar-refractivity contribution >= 4 is 39.0 Å². The molecule has 0 aliphatic heterocycles. The number of hydrogen-bond donors (Lipinski definition) is 2. The maximum atomic E-state index is 13.7. The van der Waals surface area contributed by atoms with Crippen LogP contribution in [0.4, 0.5) is 0 Å². The molecule has 208 valence electrons. The molecule has 2 heterocycles. The van der Waals surface area contributed by atoms with Crippen molar-refractivity contribution in [3.8, 4) is 0 Å². The Labute approximate surface area is 237 Å². The molecule has 0 aliphatic carbocycles. The van der Waals surface area contributed by atoms with E-state index in [4.69, 9.17) is 10.9 Å². The number of carbonyl (C=O) groups is 3. The van der Waals surface area contributed by atoms with Crippen molar-refractivity contribution in [2.45, 2.75) is 37.8 Å². The molecule has 0 aliphatic rings. The number of rotatable bonds is 12. The number of sulfonamides is 1. The van der Waals surface area contributed by atoms with Gasteiger partial charge in [-0.1, -0.05) is 42.5 Å². The maximum absolute atomic E-state index is 13.7. The highest BCUT2D eigenvalue weighted by molar-refractivity contribution is 7.89. The summed E-state index contributed by atoms with van der Waals surface area (Å²) in [5, 5.41) is 8.95. The summed E-state index contributed by atoms with van der Waals surface area (Å²) in [7, 11) is -3.87. The highest BCUT2D eigenvalue weighted by atomic mass is 32.2. The molecule has 4 aromatic rings. The summed E-state index contributed by atoms with van der Waals surface area (Å²) in [4.78, 5) is 40.6. The van der Waals surface area contributed by atoms with Crippen LogP contribution in [0.15, 0.2) is 82.4 Å². The van der Waals surface area contributed by atoms with E-state index in [1.54, 1.807) is 23.6 Å². The van der Waals surface area contributed by atoms with Crippen molar-refractivity contribution in [2.24, 2.45) is 10.9 Å². The molecule has 0 radical (unpaired) electrons. The minimum absolute atomic E-state index is 0.0471. The van der Waals surface area contributed by atoms with Gasteiger partial charge in [-0.25, -0.2) is 13.6 Å². The van der Waals surface area contributed by atoms with Gasteiger partial charge in [-0.3, -0.25) is 14.4 Å². The van der Waals surface area contributed by atoms with Crippen molar-refractivity contribution in [3.63, 3.8) is 0 Å². The summed E-state index contributed by atoms with van der Waals surface area (Å²) < 4.78 is 25.1. The van der Waals surface area contributed by atoms with Gasteiger partial charge in [-0.2, -0.15) is 11.3 Å². The number of benzene rings is 2. The maximum Gasteiger partial charge on any atom is 0.250 e. The standard InChI is InChI=1S/C29H30N4O5S2/c1-20-25(29(30)36)16-26(33(20)13-11-21-5-3-2-4-6-21)27(34)18-32(28(35)15-23-12-14-39-19-23)17-22-7-9-24(10-8-22)40(31,37)38/h2-10,12,14,16,19H,11,13,15,17-18H2,1H3,(H2,30,36)(H2,31,37,38). The smallest absolute Gasteiger partial charge is 0.250 e. The van der Waals surface area contributed by atoms with Crippen LogP contribution in [0.1, 0.15) is 43.2 Å². The quantitative estimate of drug-likeness (QED) is 0.248. The van der Waals surface area contributed by atoms with Crippen LogP contribution in [0.2, 0.25) is 0 Å². The summed E-state index contributed by atoms with van der Waals surface area (Å²) in [5.74, 6) is -1.25. The van der Waals surface area contributed by atoms with Crippen LogP contribution in [0.5, 0.6) is 0 Å². The Hall–Kier alpha value is -4.06. The second kappa shape index (κ2) is 12.4. The molecule has 4 N–H and O–H groups in total. The minimum atomic E-state index is -3.87. The number of ketones is 1. The predicted molar refractivity (Wildman–Crippen MR) is 153 cm³/mol. The van der Waals surface area contributed by atoms with Gasteiger partial charge in [-0.15, -0.1) is 0 Å². The molecule has 0 saturated carbocycles. The first kappa shape index (κ1) is 28.9. The molecule has 0 atom stereocenters. The number of primary amides is 1. The highest BCUT2D eigenvalue weighted by Crippen LogP contribution is 2.20. The van der Waals surface area contributed by atoms with E-state index in [2.05, 4.69) is 0 Å². The number of thiophene rings is 1. The number of nitrogens with two attached hydrogens (primary N) is 2. The van der Waals surface area contributed by atoms with Crippen molar-refractivity contribution in [1.82, 2.24) is 9.47 Å². The van der Waals surface area contributed by atoms with E-state index in [0.717, 1.165) is 11.1 Å². The molecule has 0 saturated heterocycles. The van der Waals surface area contributed by atoms with Gasteiger partial charge >= 0.3 is 0 Å². The monoisotopic (exact) mass is 578 g/mol. The van der Waals surface area contributed by atoms with Crippen LogP contribution in [0.3, 0.4) is 0 Å². The van der Waals surface area contributed by atoms with Gasteiger partial charge in [-0.05, 0) is 65.1 Å². The lowest BCUT2D eigenvalue weighted by molar-refractivity contribution is -0.130. The zero-order chi connectivity index (χ0) is 28.9. The third-order valence-electron chi connectivity index (χ3n) is 6.63. The van der Waals surface area contributed by atoms with Crippen LogP contribution in [0.25, 0.3) is 0 Å². The third-order valence-corrected chi connectivity index (χ3v) is 8.29. The van der Waals surface area contributed by atoms with Crippen molar-refractivity contribution < 1.29 is 22.8 Å². The Morgan fingerprint density at radius 1 is 0.950 bits per heavy atom. The Balaban J connectivity index is 1.61. The first-order valence-corrected chi connectivity index (χ1v) is 15.0. The summed E-state index contributed by atoms with van der Waals surface area (Å²) in [6.07, 6.45) is 0.735. The first-order chi connectivity index (χ1) is 19.0. The molecule has 9 nitrogen and oxygen atoms in total. The number of carbonyl (C=O) groups excluding carboxylic acids is 3. The second-order valence-corrected chi connectivity index (χ2v) is 11.8. The number of aryl methyl sites for hydroxylation is 1. The summed E-state index contributed by atoms with van der Waals surface area (Å²) in [6, 6.07) is 19.0. The van der Waals surface area contributed by atoms with Crippen LogP contribution >= 0.6 is 11.3 Å². The number of primary sulfonamides is 1. The number of amides is 2. The Morgan fingerprint density at radius 2 is 1.65 bits per heavy atom. The van der Waals surface area contributed by atoms with Gasteiger partial charge in [0.15, 0.2) is 5.78 Å². The van der Waals surface area contributed by atoms with Crippen molar-refractivity contribution in [3.05, 3.63) is 111 Å². The number of Topliss-reactive ketones (excluding diaryl/α,β-unsaturated/α-hetero) is 1. The van der Waals surface area contributed by atoms with Crippen molar-refractivity contribution in [2.75, 3.05) is 6.54 Å². The fourth-order valence-corrected chi connectivity index (χ4v) is 5.65. The molecule has 40 heavy (non-hydrogen) atoms. The number of nitrogens with zero attached hydrogens (tertiary/aromatic N) is 2. The average Bonchev–Trinajstić information content (AvgIpc) is 3.55. The molecule has 2 amide bonds. The van der Waals surface area contributed by atoms with E-state index in [0.29, 0.717) is 29.9 Å². The fraction of sp³-hybridized carbons (Fsp3) is 0.207. The zero-order valence-corrected chi connectivity index (χ0v) is 23.6.